The van der Waals surface area contributed by atoms with Crippen molar-refractivity contribution >= 4 is 10.9 Å². The molecular formula is C15H9N2O. The molecule has 0 saturated carbocycles. The summed E-state index contributed by atoms with van der Waals surface area (Å²) in [6.45, 7) is 0. The first-order valence-electron chi connectivity index (χ1n) is 5.52. The Balaban J connectivity index is 1.88. The molecule has 1 heterocycles. The van der Waals surface area contributed by atoms with Crippen molar-refractivity contribution in [1.82, 2.24) is 4.98 Å². The van der Waals surface area contributed by atoms with Gasteiger partial charge in [0, 0.05) is 29.2 Å². The van der Waals surface area contributed by atoms with E-state index in [1.54, 1.807) is 30.5 Å². The van der Waals surface area contributed by atoms with Gasteiger partial charge >= 0.3 is 0 Å². The van der Waals surface area contributed by atoms with Crippen molar-refractivity contribution in [1.29, 1.82) is 5.26 Å². The van der Waals surface area contributed by atoms with Crippen LogP contribution in [-0.2, 0) is 0 Å². The number of nitriles is 1. The first-order valence-corrected chi connectivity index (χ1v) is 5.52. The molecule has 0 aliphatic carbocycles. The van der Waals surface area contributed by atoms with Gasteiger partial charge in [-0.25, -0.2) is 0 Å². The lowest BCUT2D eigenvalue weighted by Crippen LogP contribution is -1.84. The standard InChI is InChI=1S/C15H9N2O/c16-10-11-1-4-13(5-2-11)18-14-6-3-12-7-8-17-15(12)9-14/h1-6,8-9,17H. The zero-order valence-corrected chi connectivity index (χ0v) is 9.47. The molecule has 0 spiro atoms. The second kappa shape index (κ2) is 4.27. The number of H-pyrrole nitrogens is 1. The fourth-order valence-corrected chi connectivity index (χ4v) is 1.76. The van der Waals surface area contributed by atoms with Gasteiger partial charge in [0.1, 0.15) is 11.5 Å². The molecule has 0 aliphatic rings. The maximum Gasteiger partial charge on any atom is 0.129 e. The number of hydrogen-bond donors (Lipinski definition) is 1. The van der Waals surface area contributed by atoms with E-state index in [4.69, 9.17) is 10.00 Å². The lowest BCUT2D eigenvalue weighted by atomic mass is 10.2. The van der Waals surface area contributed by atoms with Gasteiger partial charge < -0.3 is 9.72 Å². The molecule has 1 N–H and O–H groups in total. The van der Waals surface area contributed by atoms with Crippen LogP contribution in [0.5, 0.6) is 11.5 Å². The van der Waals surface area contributed by atoms with E-state index in [1.165, 1.54) is 0 Å². The predicted octanol–water partition coefficient (Wildman–Crippen LogP) is 3.63. The lowest BCUT2D eigenvalue weighted by molar-refractivity contribution is 0.483. The van der Waals surface area contributed by atoms with Crippen LogP contribution in [0.3, 0.4) is 0 Å². The summed E-state index contributed by atoms with van der Waals surface area (Å²) in [5.41, 5.74) is 1.61. The predicted molar refractivity (Wildman–Crippen MR) is 68.4 cm³/mol. The van der Waals surface area contributed by atoms with Crippen LogP contribution in [0, 0.1) is 17.4 Å². The number of nitrogens with one attached hydrogen (secondary N) is 1. The largest absolute Gasteiger partial charge is 0.457 e. The van der Waals surface area contributed by atoms with E-state index in [-0.39, 0.29) is 0 Å². The highest BCUT2D eigenvalue weighted by Gasteiger charge is 2.00. The summed E-state index contributed by atoms with van der Waals surface area (Å²) in [6.07, 6.45) is 1.77. The SMILES string of the molecule is N#Cc1ccc(Oc2ccc3[c]c[nH]c3c2)cc1. The Morgan fingerprint density at radius 2 is 1.83 bits per heavy atom. The van der Waals surface area contributed by atoms with Gasteiger partial charge in [-0.1, -0.05) is 0 Å². The summed E-state index contributed by atoms with van der Waals surface area (Å²) in [6, 6.07) is 17.9. The Kier molecular flexibility index (Phi) is 2.47. The first-order chi connectivity index (χ1) is 8.85. The van der Waals surface area contributed by atoms with Gasteiger partial charge in [0.25, 0.3) is 0 Å². The molecule has 0 bridgehead atoms. The van der Waals surface area contributed by atoms with Gasteiger partial charge in [-0.15, -0.1) is 0 Å². The molecule has 2 aromatic carbocycles. The van der Waals surface area contributed by atoms with Gasteiger partial charge in [0.15, 0.2) is 0 Å². The lowest BCUT2D eigenvalue weighted by Gasteiger charge is -2.05. The third-order valence-electron chi connectivity index (χ3n) is 2.67. The average Bonchev–Trinajstić information content (AvgIpc) is 2.87. The second-order valence-electron chi connectivity index (χ2n) is 3.88. The maximum atomic E-state index is 8.71. The Labute approximate surface area is 104 Å². The van der Waals surface area contributed by atoms with E-state index in [0.717, 1.165) is 16.7 Å². The number of rotatable bonds is 2. The third-order valence-corrected chi connectivity index (χ3v) is 2.67. The fraction of sp³-hybridized carbons (Fsp3) is 0. The van der Waals surface area contributed by atoms with Crippen LogP contribution >= 0.6 is 0 Å². The normalized spacial score (nSPS) is 10.2. The molecule has 3 aromatic rings. The smallest absolute Gasteiger partial charge is 0.129 e. The zero-order chi connectivity index (χ0) is 12.4. The molecule has 0 aliphatic heterocycles. The average molecular weight is 233 g/mol. The first kappa shape index (κ1) is 10.4. The molecule has 3 rings (SSSR count). The minimum atomic E-state index is 0.622. The molecule has 0 unspecified atom stereocenters. The van der Waals surface area contributed by atoms with E-state index >= 15 is 0 Å². The minimum Gasteiger partial charge on any atom is -0.457 e. The summed E-state index contributed by atoms with van der Waals surface area (Å²) >= 11 is 0. The van der Waals surface area contributed by atoms with E-state index in [2.05, 4.69) is 17.1 Å². The van der Waals surface area contributed by atoms with Gasteiger partial charge in [-0.2, -0.15) is 5.26 Å². The number of aromatic nitrogens is 1. The van der Waals surface area contributed by atoms with E-state index in [0.29, 0.717) is 11.3 Å². The summed E-state index contributed by atoms with van der Waals surface area (Å²) in [7, 11) is 0. The maximum absolute atomic E-state index is 8.71. The molecule has 3 nitrogen and oxygen atoms in total. The molecule has 0 saturated heterocycles. The second-order valence-corrected chi connectivity index (χ2v) is 3.88. The van der Waals surface area contributed by atoms with Crippen molar-refractivity contribution < 1.29 is 4.74 Å². The monoisotopic (exact) mass is 233 g/mol. The molecule has 1 radical (unpaired) electrons. The molecule has 3 heteroatoms. The van der Waals surface area contributed by atoms with Crippen LogP contribution < -0.4 is 4.74 Å². The number of aromatic amines is 1. The molecule has 0 amide bonds. The van der Waals surface area contributed by atoms with Crippen molar-refractivity contribution in [3.05, 3.63) is 60.3 Å². The van der Waals surface area contributed by atoms with Crippen LogP contribution in [0.4, 0.5) is 0 Å². The summed E-state index contributed by atoms with van der Waals surface area (Å²) < 4.78 is 5.71. The number of hydrogen-bond acceptors (Lipinski definition) is 2. The molecule has 1 aromatic heterocycles. The highest BCUT2D eigenvalue weighted by Crippen LogP contribution is 2.24. The Morgan fingerprint density at radius 1 is 1.06 bits per heavy atom. The summed E-state index contributed by atoms with van der Waals surface area (Å²) in [4.78, 5) is 3.09. The van der Waals surface area contributed by atoms with Crippen molar-refractivity contribution in [2.45, 2.75) is 0 Å². The van der Waals surface area contributed by atoms with E-state index in [9.17, 15) is 0 Å². The Hall–Kier alpha value is -2.73. The van der Waals surface area contributed by atoms with Crippen LogP contribution in [0.1, 0.15) is 5.56 Å². The molecular weight excluding hydrogens is 224 g/mol. The van der Waals surface area contributed by atoms with E-state index < -0.39 is 0 Å². The highest BCUT2D eigenvalue weighted by atomic mass is 16.5. The fourth-order valence-electron chi connectivity index (χ4n) is 1.76. The third kappa shape index (κ3) is 1.92. The molecule has 0 fully saturated rings. The van der Waals surface area contributed by atoms with Crippen molar-refractivity contribution in [2.24, 2.45) is 0 Å². The summed E-state index contributed by atoms with van der Waals surface area (Å²) in [5.74, 6) is 1.46. The van der Waals surface area contributed by atoms with Crippen LogP contribution in [0.25, 0.3) is 10.9 Å². The van der Waals surface area contributed by atoms with Crippen molar-refractivity contribution in [3.63, 3.8) is 0 Å². The molecule has 85 valence electrons. The number of benzene rings is 2. The molecule has 18 heavy (non-hydrogen) atoms. The molecule has 0 atom stereocenters. The Bertz CT molecular complexity index is 720. The van der Waals surface area contributed by atoms with Crippen LogP contribution in [0.2, 0.25) is 0 Å². The van der Waals surface area contributed by atoms with Crippen molar-refractivity contribution in [2.75, 3.05) is 0 Å². The summed E-state index contributed by atoms with van der Waals surface area (Å²) in [5, 5.41) is 9.74. The highest BCUT2D eigenvalue weighted by molar-refractivity contribution is 5.80. The van der Waals surface area contributed by atoms with Crippen molar-refractivity contribution in [3.8, 4) is 17.6 Å². The van der Waals surface area contributed by atoms with Gasteiger partial charge in [-0.3, -0.25) is 0 Å². The number of ether oxygens (including phenoxy) is 1. The van der Waals surface area contributed by atoms with Gasteiger partial charge in [0.2, 0.25) is 0 Å². The van der Waals surface area contributed by atoms with Gasteiger partial charge in [-0.05, 0) is 36.4 Å². The number of nitrogens with zero attached hydrogens (tertiary/aromatic N) is 1. The van der Waals surface area contributed by atoms with Crippen LogP contribution in [0.15, 0.2) is 48.7 Å². The quantitative estimate of drug-likeness (QED) is 0.734. The zero-order valence-electron chi connectivity index (χ0n) is 9.47. The van der Waals surface area contributed by atoms with Crippen LogP contribution in [-0.4, -0.2) is 4.98 Å². The minimum absolute atomic E-state index is 0.622. The number of fused-ring (bicyclic) bond motifs is 1. The van der Waals surface area contributed by atoms with Gasteiger partial charge in [0.05, 0.1) is 11.6 Å². The Morgan fingerprint density at radius 3 is 2.61 bits per heavy atom. The topological polar surface area (TPSA) is 48.8 Å². The van der Waals surface area contributed by atoms with E-state index in [1.807, 2.05) is 18.2 Å².